The Bertz CT molecular complexity index is 1310. The maximum atomic E-state index is 13.1. The van der Waals surface area contributed by atoms with Gasteiger partial charge in [0.25, 0.3) is 0 Å². The second-order valence-electron chi connectivity index (χ2n) is 10.8. The molecule has 0 aromatic heterocycles. The van der Waals surface area contributed by atoms with E-state index in [0.717, 1.165) is 50.0 Å². The van der Waals surface area contributed by atoms with Gasteiger partial charge in [0.15, 0.2) is 0 Å². The van der Waals surface area contributed by atoms with Crippen molar-refractivity contribution in [2.24, 2.45) is 0 Å². The molecule has 43 heavy (non-hydrogen) atoms. The predicted octanol–water partition coefficient (Wildman–Crippen LogP) is 6.53. The Morgan fingerprint density at radius 3 is 2.07 bits per heavy atom. The van der Waals surface area contributed by atoms with Crippen molar-refractivity contribution in [2.75, 3.05) is 38.5 Å². The highest BCUT2D eigenvalue weighted by Crippen LogP contribution is 2.36. The Labute approximate surface area is 250 Å². The molecule has 0 saturated carbocycles. The van der Waals surface area contributed by atoms with Crippen LogP contribution < -0.4 is 15.2 Å². The van der Waals surface area contributed by atoms with Gasteiger partial charge in [0.05, 0.1) is 5.56 Å². The molecule has 2 fully saturated rings. The van der Waals surface area contributed by atoms with Crippen molar-refractivity contribution in [1.29, 1.82) is 0 Å². The maximum absolute atomic E-state index is 13.1. The molecular weight excluding hydrogens is 559 g/mol. The fourth-order valence-electron chi connectivity index (χ4n) is 5.60. The van der Waals surface area contributed by atoms with E-state index in [2.05, 4.69) is 17.0 Å². The number of nitrogen functional groups attached to an aromatic ring is 1. The number of anilines is 1. The molecule has 0 spiro atoms. The number of hydrogen-bond donors (Lipinski definition) is 1. The van der Waals surface area contributed by atoms with Crippen molar-refractivity contribution in [3.63, 3.8) is 0 Å². The number of likely N-dealkylation sites (tertiary alicyclic amines) is 2. The van der Waals surface area contributed by atoms with Gasteiger partial charge in [-0.25, -0.2) is 0 Å². The first-order valence-electron chi connectivity index (χ1n) is 14.5. The number of carbonyl (C=O) groups excluding carboxylic acids is 2. The van der Waals surface area contributed by atoms with Crippen LogP contribution in [0.1, 0.15) is 49.1 Å². The van der Waals surface area contributed by atoms with E-state index >= 15 is 0 Å². The SMILES string of the molecule is C=O.Nc1ccc(OC2CCN(C(=O)CCN3CCC(c4ccc(Oc5ccccc5)cc4)CC3)CC2)cc1C(F)(F)F. The van der Waals surface area contributed by atoms with E-state index in [-0.39, 0.29) is 23.4 Å². The predicted molar refractivity (Wildman–Crippen MR) is 159 cm³/mol. The van der Waals surface area contributed by atoms with Gasteiger partial charge in [-0.3, -0.25) is 4.79 Å². The zero-order chi connectivity index (χ0) is 30.8. The van der Waals surface area contributed by atoms with Crippen molar-refractivity contribution in [2.45, 2.75) is 50.3 Å². The standard InChI is InChI=1S/C32H36F3N3O3.CH2O/c33-32(34,35)29-22-28(10-11-30(29)36)41-27-14-20-38(21-15-27)31(39)16-19-37-17-12-24(13-18-37)23-6-8-26(9-7-23)40-25-4-2-1-3-5-25;1-2/h1-11,22,24,27H,12-21,36H2;1H2. The van der Waals surface area contributed by atoms with E-state index in [4.69, 9.17) is 20.0 Å². The molecule has 2 N–H and O–H groups in total. The number of piperidine rings is 2. The topological polar surface area (TPSA) is 85.1 Å². The first kappa shape index (κ1) is 31.9. The van der Waals surface area contributed by atoms with Crippen LogP contribution in [0.25, 0.3) is 0 Å². The average molecular weight is 598 g/mol. The molecule has 0 unspecified atom stereocenters. The lowest BCUT2D eigenvalue weighted by Crippen LogP contribution is -2.43. The molecule has 10 heteroatoms. The number of hydrogen-bond acceptors (Lipinski definition) is 6. The normalized spacial score (nSPS) is 16.7. The van der Waals surface area contributed by atoms with Crippen LogP contribution in [0.5, 0.6) is 17.2 Å². The lowest BCUT2D eigenvalue weighted by atomic mass is 9.89. The van der Waals surface area contributed by atoms with Crippen molar-refractivity contribution in [3.05, 3.63) is 83.9 Å². The van der Waals surface area contributed by atoms with Gasteiger partial charge in [-0.15, -0.1) is 0 Å². The lowest BCUT2D eigenvalue weighted by Gasteiger charge is -2.34. The summed E-state index contributed by atoms with van der Waals surface area (Å²) in [5.41, 5.74) is 5.58. The molecule has 2 heterocycles. The van der Waals surface area contributed by atoms with Crippen molar-refractivity contribution in [1.82, 2.24) is 9.80 Å². The van der Waals surface area contributed by atoms with E-state index < -0.39 is 11.7 Å². The molecule has 2 aliphatic rings. The quantitative estimate of drug-likeness (QED) is 0.297. The molecular formula is C33H38F3N3O4. The highest BCUT2D eigenvalue weighted by molar-refractivity contribution is 5.76. The average Bonchev–Trinajstić information content (AvgIpc) is 3.03. The molecule has 1 amide bonds. The number of alkyl halides is 3. The van der Waals surface area contributed by atoms with Gasteiger partial charge in [0, 0.05) is 44.6 Å². The monoisotopic (exact) mass is 597 g/mol. The van der Waals surface area contributed by atoms with Gasteiger partial charge in [0.2, 0.25) is 5.91 Å². The van der Waals surface area contributed by atoms with Crippen molar-refractivity contribution >= 4 is 18.4 Å². The first-order valence-corrected chi connectivity index (χ1v) is 14.5. The molecule has 5 rings (SSSR count). The van der Waals surface area contributed by atoms with E-state index in [0.29, 0.717) is 38.3 Å². The minimum Gasteiger partial charge on any atom is -0.490 e. The number of rotatable bonds is 8. The van der Waals surface area contributed by atoms with Crippen LogP contribution in [0, 0.1) is 0 Å². The Morgan fingerprint density at radius 2 is 1.44 bits per heavy atom. The highest BCUT2D eigenvalue weighted by atomic mass is 19.4. The minimum absolute atomic E-state index is 0.117. The van der Waals surface area contributed by atoms with Gasteiger partial charge in [-0.2, -0.15) is 13.2 Å². The molecule has 0 aliphatic carbocycles. The van der Waals surface area contributed by atoms with Gasteiger partial charge >= 0.3 is 6.18 Å². The lowest BCUT2D eigenvalue weighted by molar-refractivity contribution is -0.137. The highest BCUT2D eigenvalue weighted by Gasteiger charge is 2.34. The Balaban J connectivity index is 0.00000207. The van der Waals surface area contributed by atoms with E-state index in [1.165, 1.54) is 17.7 Å². The molecule has 3 aromatic rings. The zero-order valence-electron chi connectivity index (χ0n) is 24.1. The third kappa shape index (κ3) is 8.97. The Morgan fingerprint density at radius 1 is 0.837 bits per heavy atom. The number of para-hydroxylation sites is 1. The third-order valence-electron chi connectivity index (χ3n) is 7.99. The largest absolute Gasteiger partial charge is 0.490 e. The summed E-state index contributed by atoms with van der Waals surface area (Å²) in [4.78, 5) is 25.1. The van der Waals surface area contributed by atoms with E-state index in [1.54, 1.807) is 0 Å². The van der Waals surface area contributed by atoms with Crippen LogP contribution in [-0.4, -0.2) is 61.3 Å². The summed E-state index contributed by atoms with van der Waals surface area (Å²) >= 11 is 0. The smallest absolute Gasteiger partial charge is 0.418 e. The van der Waals surface area contributed by atoms with Crippen molar-refractivity contribution < 1.29 is 32.2 Å². The Hall–Kier alpha value is -4.05. The maximum Gasteiger partial charge on any atom is 0.418 e. The first-order chi connectivity index (χ1) is 20.7. The summed E-state index contributed by atoms with van der Waals surface area (Å²) in [5, 5.41) is 0. The number of benzene rings is 3. The van der Waals surface area contributed by atoms with Crippen LogP contribution in [0.15, 0.2) is 72.8 Å². The summed E-state index contributed by atoms with van der Waals surface area (Å²) in [5.74, 6) is 2.41. The van der Waals surface area contributed by atoms with Crippen LogP contribution in [0.3, 0.4) is 0 Å². The minimum atomic E-state index is -4.53. The van der Waals surface area contributed by atoms with Gasteiger partial charge in [-0.05, 0) is 79.9 Å². The fourth-order valence-corrected chi connectivity index (χ4v) is 5.60. The van der Waals surface area contributed by atoms with E-state index in [9.17, 15) is 18.0 Å². The van der Waals surface area contributed by atoms with Crippen LogP contribution in [0.2, 0.25) is 0 Å². The summed E-state index contributed by atoms with van der Waals surface area (Å²) in [6.45, 7) is 5.72. The van der Waals surface area contributed by atoms with Gasteiger partial charge in [0.1, 0.15) is 30.1 Å². The van der Waals surface area contributed by atoms with Crippen molar-refractivity contribution in [3.8, 4) is 17.2 Å². The number of nitrogens with zero attached hydrogens (tertiary/aromatic N) is 2. The molecule has 2 aliphatic heterocycles. The Kier molecular flexibility index (Phi) is 11.1. The zero-order valence-corrected chi connectivity index (χ0v) is 24.1. The summed E-state index contributed by atoms with van der Waals surface area (Å²) < 4.78 is 51.1. The number of nitrogens with two attached hydrogens (primary N) is 1. The fraction of sp³-hybridized carbons (Fsp3) is 0.394. The summed E-state index contributed by atoms with van der Waals surface area (Å²) in [6.07, 6.45) is -1.03. The second kappa shape index (κ2) is 14.9. The molecule has 0 radical (unpaired) electrons. The third-order valence-corrected chi connectivity index (χ3v) is 7.99. The number of ether oxygens (including phenoxy) is 2. The van der Waals surface area contributed by atoms with Gasteiger partial charge < -0.3 is 29.8 Å². The van der Waals surface area contributed by atoms with E-state index in [1.807, 2.05) is 54.2 Å². The second-order valence-corrected chi connectivity index (χ2v) is 10.8. The van der Waals surface area contributed by atoms with Crippen LogP contribution in [-0.2, 0) is 15.8 Å². The summed E-state index contributed by atoms with van der Waals surface area (Å²) in [6, 6.07) is 21.7. The molecule has 2 saturated heterocycles. The van der Waals surface area contributed by atoms with Gasteiger partial charge in [-0.1, -0.05) is 30.3 Å². The molecule has 7 nitrogen and oxygen atoms in total. The number of carbonyl (C=O) groups is 2. The molecule has 3 aromatic carbocycles. The molecule has 0 atom stereocenters. The van der Waals surface area contributed by atoms with Crippen LogP contribution >= 0.6 is 0 Å². The molecule has 0 bridgehead atoms. The number of amides is 1. The van der Waals surface area contributed by atoms with Crippen LogP contribution in [0.4, 0.5) is 18.9 Å². The summed E-state index contributed by atoms with van der Waals surface area (Å²) in [7, 11) is 0. The number of halogens is 3. The molecule has 230 valence electrons.